The van der Waals surface area contributed by atoms with Gasteiger partial charge in [-0.2, -0.15) is 0 Å². The number of rotatable bonds is 7. The van der Waals surface area contributed by atoms with E-state index >= 15 is 0 Å². The molecule has 0 atom stereocenters. The van der Waals surface area contributed by atoms with Gasteiger partial charge >= 0.3 is 0 Å². The SMILES string of the molecule is CCCN(CC(=O)Nc1ccccc1)C(C)(C)CN. The smallest absolute Gasteiger partial charge is 0.238 e. The Bertz CT molecular complexity index is 390. The molecule has 0 bridgehead atoms. The molecule has 0 saturated heterocycles. The molecule has 1 aromatic rings. The highest BCUT2D eigenvalue weighted by Crippen LogP contribution is 2.13. The van der Waals surface area contributed by atoms with Gasteiger partial charge in [-0.25, -0.2) is 0 Å². The maximum Gasteiger partial charge on any atom is 0.238 e. The molecule has 0 aliphatic rings. The standard InChI is InChI=1S/C15H25N3O/c1-4-10-18(15(2,3)12-16)11-14(19)17-13-8-6-5-7-9-13/h5-9H,4,10-12,16H2,1-3H3,(H,17,19). The molecule has 0 saturated carbocycles. The molecule has 0 unspecified atom stereocenters. The minimum atomic E-state index is -0.163. The summed E-state index contributed by atoms with van der Waals surface area (Å²) in [4.78, 5) is 14.2. The number of nitrogens with two attached hydrogens (primary N) is 1. The Morgan fingerprint density at radius 1 is 1.32 bits per heavy atom. The molecule has 1 rings (SSSR count). The van der Waals surface area contributed by atoms with Crippen LogP contribution in [0.2, 0.25) is 0 Å². The number of anilines is 1. The van der Waals surface area contributed by atoms with E-state index in [4.69, 9.17) is 5.73 Å². The molecule has 0 radical (unpaired) electrons. The number of hydrogen-bond donors (Lipinski definition) is 2. The molecule has 0 fully saturated rings. The van der Waals surface area contributed by atoms with E-state index in [1.807, 2.05) is 30.3 Å². The minimum Gasteiger partial charge on any atom is -0.329 e. The van der Waals surface area contributed by atoms with Crippen molar-refractivity contribution >= 4 is 11.6 Å². The minimum absolute atomic E-state index is 0.00109. The van der Waals surface area contributed by atoms with Crippen molar-refractivity contribution in [1.82, 2.24) is 4.90 Å². The third kappa shape index (κ3) is 5.01. The number of hydrogen-bond acceptors (Lipinski definition) is 3. The molecular formula is C15H25N3O. The summed E-state index contributed by atoms with van der Waals surface area (Å²) in [5.74, 6) is 0.00109. The quantitative estimate of drug-likeness (QED) is 0.792. The fourth-order valence-electron chi connectivity index (χ4n) is 1.89. The summed E-state index contributed by atoms with van der Waals surface area (Å²) in [6, 6.07) is 9.51. The van der Waals surface area contributed by atoms with Crippen LogP contribution in [0.3, 0.4) is 0 Å². The zero-order valence-electron chi connectivity index (χ0n) is 12.1. The van der Waals surface area contributed by atoms with Crippen molar-refractivity contribution in [2.75, 3.05) is 25.0 Å². The van der Waals surface area contributed by atoms with Crippen LogP contribution in [0, 0.1) is 0 Å². The molecule has 0 aliphatic carbocycles. The van der Waals surface area contributed by atoms with Gasteiger partial charge in [0.1, 0.15) is 0 Å². The summed E-state index contributed by atoms with van der Waals surface area (Å²) in [7, 11) is 0. The van der Waals surface area contributed by atoms with Crippen LogP contribution in [0.25, 0.3) is 0 Å². The van der Waals surface area contributed by atoms with Gasteiger partial charge in [0, 0.05) is 17.8 Å². The Hall–Kier alpha value is -1.39. The molecule has 0 spiro atoms. The van der Waals surface area contributed by atoms with Crippen molar-refractivity contribution < 1.29 is 4.79 Å². The first-order chi connectivity index (χ1) is 8.99. The first kappa shape index (κ1) is 15.7. The topological polar surface area (TPSA) is 58.4 Å². The van der Waals surface area contributed by atoms with Gasteiger partial charge in [-0.3, -0.25) is 9.69 Å². The molecule has 1 amide bonds. The predicted molar refractivity (Wildman–Crippen MR) is 80.1 cm³/mol. The number of para-hydroxylation sites is 1. The van der Waals surface area contributed by atoms with Crippen LogP contribution in [-0.2, 0) is 4.79 Å². The first-order valence-corrected chi connectivity index (χ1v) is 6.79. The number of carbonyl (C=O) groups excluding carboxylic acids is 1. The van der Waals surface area contributed by atoms with Crippen LogP contribution in [0.15, 0.2) is 30.3 Å². The van der Waals surface area contributed by atoms with E-state index in [1.165, 1.54) is 0 Å². The lowest BCUT2D eigenvalue weighted by Crippen LogP contribution is -2.52. The van der Waals surface area contributed by atoms with Gasteiger partial charge in [-0.05, 0) is 38.9 Å². The van der Waals surface area contributed by atoms with Crippen molar-refractivity contribution in [1.29, 1.82) is 0 Å². The fraction of sp³-hybridized carbons (Fsp3) is 0.533. The van der Waals surface area contributed by atoms with E-state index in [9.17, 15) is 4.79 Å². The zero-order chi connectivity index (χ0) is 14.3. The van der Waals surface area contributed by atoms with Gasteiger partial charge in [-0.15, -0.1) is 0 Å². The largest absolute Gasteiger partial charge is 0.329 e. The Morgan fingerprint density at radius 3 is 2.47 bits per heavy atom. The lowest BCUT2D eigenvalue weighted by Gasteiger charge is -2.37. The molecular weight excluding hydrogens is 238 g/mol. The van der Waals surface area contributed by atoms with Gasteiger partial charge in [0.2, 0.25) is 5.91 Å². The number of nitrogens with one attached hydrogen (secondary N) is 1. The molecule has 1 aromatic carbocycles. The van der Waals surface area contributed by atoms with Crippen LogP contribution in [-0.4, -0.2) is 36.0 Å². The van der Waals surface area contributed by atoms with Crippen molar-refractivity contribution in [3.05, 3.63) is 30.3 Å². The number of benzene rings is 1. The van der Waals surface area contributed by atoms with E-state index in [-0.39, 0.29) is 11.4 Å². The molecule has 4 nitrogen and oxygen atoms in total. The second-order valence-electron chi connectivity index (χ2n) is 5.35. The van der Waals surface area contributed by atoms with Gasteiger partial charge in [0.15, 0.2) is 0 Å². The molecule has 4 heteroatoms. The van der Waals surface area contributed by atoms with E-state index in [0.29, 0.717) is 13.1 Å². The lowest BCUT2D eigenvalue weighted by molar-refractivity contribution is -0.118. The average Bonchev–Trinajstić information content (AvgIpc) is 2.39. The van der Waals surface area contributed by atoms with Gasteiger partial charge in [-0.1, -0.05) is 25.1 Å². The summed E-state index contributed by atoms with van der Waals surface area (Å²) < 4.78 is 0. The number of nitrogens with zero attached hydrogens (tertiary/aromatic N) is 1. The maximum atomic E-state index is 12.1. The van der Waals surface area contributed by atoms with Crippen LogP contribution in [0.1, 0.15) is 27.2 Å². The van der Waals surface area contributed by atoms with Gasteiger partial charge < -0.3 is 11.1 Å². The van der Waals surface area contributed by atoms with Crippen LogP contribution >= 0.6 is 0 Å². The molecule has 3 N–H and O–H groups in total. The van der Waals surface area contributed by atoms with E-state index < -0.39 is 0 Å². The number of amides is 1. The second kappa shape index (κ2) is 7.26. The molecule has 19 heavy (non-hydrogen) atoms. The monoisotopic (exact) mass is 263 g/mol. The van der Waals surface area contributed by atoms with E-state index in [0.717, 1.165) is 18.7 Å². The Kier molecular flexibility index (Phi) is 5.99. The van der Waals surface area contributed by atoms with Crippen LogP contribution in [0.5, 0.6) is 0 Å². The van der Waals surface area contributed by atoms with Crippen LogP contribution in [0.4, 0.5) is 5.69 Å². The van der Waals surface area contributed by atoms with Crippen molar-refractivity contribution in [3.8, 4) is 0 Å². The molecule has 0 aromatic heterocycles. The first-order valence-electron chi connectivity index (χ1n) is 6.79. The maximum absolute atomic E-state index is 12.1. The highest BCUT2D eigenvalue weighted by Gasteiger charge is 2.26. The lowest BCUT2D eigenvalue weighted by atomic mass is 10.0. The Labute approximate surface area is 116 Å². The third-order valence-electron chi connectivity index (χ3n) is 3.24. The van der Waals surface area contributed by atoms with Gasteiger partial charge in [0.25, 0.3) is 0 Å². The van der Waals surface area contributed by atoms with Crippen molar-refractivity contribution in [2.24, 2.45) is 5.73 Å². The highest BCUT2D eigenvalue weighted by molar-refractivity contribution is 5.92. The summed E-state index contributed by atoms with van der Waals surface area (Å²) in [6.07, 6.45) is 1.00. The molecule has 0 heterocycles. The summed E-state index contributed by atoms with van der Waals surface area (Å²) in [5.41, 5.74) is 6.46. The van der Waals surface area contributed by atoms with Crippen molar-refractivity contribution in [2.45, 2.75) is 32.7 Å². The molecule has 106 valence electrons. The Morgan fingerprint density at radius 2 is 1.95 bits per heavy atom. The fourth-order valence-corrected chi connectivity index (χ4v) is 1.89. The summed E-state index contributed by atoms with van der Waals surface area (Å²) in [6.45, 7) is 8.01. The normalized spacial score (nSPS) is 11.6. The molecule has 0 aliphatic heterocycles. The predicted octanol–water partition coefficient (Wildman–Crippen LogP) is 2.07. The van der Waals surface area contributed by atoms with E-state index in [1.54, 1.807) is 0 Å². The van der Waals surface area contributed by atoms with E-state index in [2.05, 4.69) is 31.0 Å². The second-order valence-corrected chi connectivity index (χ2v) is 5.35. The van der Waals surface area contributed by atoms with Crippen LogP contribution < -0.4 is 11.1 Å². The van der Waals surface area contributed by atoms with Crippen molar-refractivity contribution in [3.63, 3.8) is 0 Å². The third-order valence-corrected chi connectivity index (χ3v) is 3.24. The number of carbonyl (C=O) groups is 1. The highest BCUT2D eigenvalue weighted by atomic mass is 16.2. The van der Waals surface area contributed by atoms with Gasteiger partial charge in [0.05, 0.1) is 6.54 Å². The Balaban J connectivity index is 2.62. The zero-order valence-corrected chi connectivity index (χ0v) is 12.1. The summed E-state index contributed by atoms with van der Waals surface area (Å²) in [5, 5.41) is 2.91. The summed E-state index contributed by atoms with van der Waals surface area (Å²) >= 11 is 0. The average molecular weight is 263 g/mol.